The van der Waals surface area contributed by atoms with Crippen LogP contribution in [0.15, 0.2) is 0 Å². The van der Waals surface area contributed by atoms with Crippen LogP contribution in [0.25, 0.3) is 0 Å². The summed E-state index contributed by atoms with van der Waals surface area (Å²) in [5.74, 6) is 1.12. The molecule has 17 heavy (non-hydrogen) atoms. The van der Waals surface area contributed by atoms with Gasteiger partial charge in [-0.15, -0.1) is 0 Å². The van der Waals surface area contributed by atoms with Crippen LogP contribution in [0.4, 0.5) is 0 Å². The Balaban J connectivity index is 1.66. The van der Waals surface area contributed by atoms with Crippen molar-refractivity contribution in [3.63, 3.8) is 0 Å². The Bertz CT molecular complexity index is 342. The molecule has 0 aromatic heterocycles. The quantitative estimate of drug-likeness (QED) is 0.799. The van der Waals surface area contributed by atoms with E-state index in [-0.39, 0.29) is 0 Å². The van der Waals surface area contributed by atoms with Crippen molar-refractivity contribution < 1.29 is 8.42 Å². The Morgan fingerprint density at radius 2 is 2.06 bits per heavy atom. The second-order valence-corrected chi connectivity index (χ2v) is 7.79. The van der Waals surface area contributed by atoms with Crippen LogP contribution in [0.2, 0.25) is 0 Å². The molecule has 0 spiro atoms. The lowest BCUT2D eigenvalue weighted by Crippen LogP contribution is -2.44. The van der Waals surface area contributed by atoms with Gasteiger partial charge in [-0.3, -0.25) is 0 Å². The van der Waals surface area contributed by atoms with Crippen LogP contribution >= 0.6 is 0 Å². The molecule has 0 radical (unpaired) electrons. The third kappa shape index (κ3) is 3.93. The molecule has 0 aromatic carbocycles. The van der Waals surface area contributed by atoms with Gasteiger partial charge in [-0.25, -0.2) is 8.42 Å². The van der Waals surface area contributed by atoms with Gasteiger partial charge in [0, 0.05) is 12.6 Å². The van der Waals surface area contributed by atoms with Crippen molar-refractivity contribution in [3.8, 4) is 0 Å². The molecule has 2 unspecified atom stereocenters. The van der Waals surface area contributed by atoms with Gasteiger partial charge in [0.25, 0.3) is 0 Å². The number of nitrogens with one attached hydrogen (secondary N) is 1. The van der Waals surface area contributed by atoms with Crippen molar-refractivity contribution in [2.24, 2.45) is 5.92 Å². The highest BCUT2D eigenvalue weighted by atomic mass is 32.2. The molecule has 1 N–H and O–H groups in total. The van der Waals surface area contributed by atoms with Gasteiger partial charge in [-0.05, 0) is 45.3 Å². The average molecular weight is 260 g/mol. The van der Waals surface area contributed by atoms with Crippen molar-refractivity contribution in [1.29, 1.82) is 0 Å². The second kappa shape index (κ2) is 5.67. The summed E-state index contributed by atoms with van der Waals surface area (Å²) in [6.45, 7) is 3.07. The molecule has 0 saturated carbocycles. The third-order valence-electron chi connectivity index (χ3n) is 4.06. The molecule has 0 bridgehead atoms. The van der Waals surface area contributed by atoms with Gasteiger partial charge in [-0.2, -0.15) is 0 Å². The highest BCUT2D eigenvalue weighted by Gasteiger charge is 2.27. The summed E-state index contributed by atoms with van der Waals surface area (Å²) >= 11 is 0. The molecule has 100 valence electrons. The largest absolute Gasteiger partial charge is 0.315 e. The zero-order chi connectivity index (χ0) is 12.3. The maximum absolute atomic E-state index is 11.3. The number of likely N-dealkylation sites (tertiary alicyclic amines) is 1. The third-order valence-corrected chi connectivity index (χ3v) is 5.90. The topological polar surface area (TPSA) is 49.4 Å². The van der Waals surface area contributed by atoms with E-state index in [4.69, 9.17) is 0 Å². The monoisotopic (exact) mass is 260 g/mol. The van der Waals surface area contributed by atoms with E-state index in [1.54, 1.807) is 0 Å². The minimum absolute atomic E-state index is 0.342. The van der Waals surface area contributed by atoms with E-state index in [0.29, 0.717) is 23.5 Å². The molecule has 5 heteroatoms. The zero-order valence-electron chi connectivity index (χ0n) is 10.7. The normalized spacial score (nSPS) is 33.9. The number of likely N-dealkylation sites (N-methyl/N-ethyl adjacent to an activating group) is 1. The summed E-state index contributed by atoms with van der Waals surface area (Å²) in [7, 11) is -0.526. The lowest BCUT2D eigenvalue weighted by atomic mass is 10.0. The molecular weight excluding hydrogens is 236 g/mol. The van der Waals surface area contributed by atoms with E-state index in [2.05, 4.69) is 17.3 Å². The maximum Gasteiger partial charge on any atom is 0.150 e. The first-order valence-corrected chi connectivity index (χ1v) is 8.50. The standard InChI is InChI=1S/C12H24N2O2S/c1-14-6-3-2-4-12(14)9-13-8-11-5-7-17(15,16)10-11/h11-13H,2-10H2,1H3. The van der Waals surface area contributed by atoms with Crippen molar-refractivity contribution in [1.82, 2.24) is 10.2 Å². The number of sulfone groups is 1. The first-order valence-electron chi connectivity index (χ1n) is 6.68. The summed E-state index contributed by atoms with van der Waals surface area (Å²) in [6, 6.07) is 0.641. The van der Waals surface area contributed by atoms with Crippen molar-refractivity contribution >= 4 is 9.84 Å². The Labute approximate surface area is 105 Å². The molecule has 2 aliphatic rings. The SMILES string of the molecule is CN1CCCCC1CNCC1CCS(=O)(=O)C1. The van der Waals surface area contributed by atoms with E-state index in [1.165, 1.54) is 25.8 Å². The maximum atomic E-state index is 11.3. The number of hydrogen-bond acceptors (Lipinski definition) is 4. The van der Waals surface area contributed by atoms with E-state index < -0.39 is 9.84 Å². The predicted octanol–water partition coefficient (Wildman–Crippen LogP) is 0.495. The van der Waals surface area contributed by atoms with Crippen LogP contribution < -0.4 is 5.32 Å². The molecule has 4 nitrogen and oxygen atoms in total. The summed E-state index contributed by atoms with van der Waals surface area (Å²) in [4.78, 5) is 2.42. The minimum Gasteiger partial charge on any atom is -0.315 e. The molecular formula is C12H24N2O2S. The van der Waals surface area contributed by atoms with Gasteiger partial charge in [-0.1, -0.05) is 6.42 Å². The molecule has 2 rings (SSSR count). The van der Waals surface area contributed by atoms with Crippen molar-refractivity contribution in [3.05, 3.63) is 0 Å². The van der Waals surface area contributed by atoms with Crippen LogP contribution in [-0.2, 0) is 9.84 Å². The molecule has 0 aromatic rings. The molecule has 2 heterocycles. The van der Waals surface area contributed by atoms with E-state index in [9.17, 15) is 8.42 Å². The van der Waals surface area contributed by atoms with Crippen LogP contribution in [0.5, 0.6) is 0 Å². The van der Waals surface area contributed by atoms with Gasteiger partial charge >= 0.3 is 0 Å². The number of piperidine rings is 1. The summed E-state index contributed by atoms with van der Waals surface area (Å²) in [5.41, 5.74) is 0. The highest BCUT2D eigenvalue weighted by Crippen LogP contribution is 2.18. The first kappa shape index (κ1) is 13.3. The Morgan fingerprint density at radius 1 is 1.24 bits per heavy atom. The highest BCUT2D eigenvalue weighted by molar-refractivity contribution is 7.91. The van der Waals surface area contributed by atoms with Crippen LogP contribution in [0, 0.1) is 5.92 Å². The smallest absolute Gasteiger partial charge is 0.150 e. The van der Waals surface area contributed by atoms with Crippen LogP contribution in [0.3, 0.4) is 0 Å². The lowest BCUT2D eigenvalue weighted by Gasteiger charge is -2.32. The van der Waals surface area contributed by atoms with Gasteiger partial charge in [0.2, 0.25) is 0 Å². The lowest BCUT2D eigenvalue weighted by molar-refractivity contribution is 0.180. The number of rotatable bonds is 4. The van der Waals surface area contributed by atoms with Gasteiger partial charge < -0.3 is 10.2 Å². The van der Waals surface area contributed by atoms with Crippen molar-refractivity contribution in [2.75, 3.05) is 38.2 Å². The van der Waals surface area contributed by atoms with E-state index >= 15 is 0 Å². The molecule has 2 atom stereocenters. The Hall–Kier alpha value is -0.130. The fraction of sp³-hybridized carbons (Fsp3) is 1.00. The van der Waals surface area contributed by atoms with Crippen molar-refractivity contribution in [2.45, 2.75) is 31.7 Å². The summed E-state index contributed by atoms with van der Waals surface area (Å²) in [5, 5.41) is 3.46. The average Bonchev–Trinajstić information content (AvgIpc) is 2.61. The molecule has 2 saturated heterocycles. The van der Waals surface area contributed by atoms with Crippen LogP contribution in [-0.4, -0.2) is 57.5 Å². The Kier molecular flexibility index (Phi) is 4.44. The number of hydrogen-bond donors (Lipinski definition) is 1. The van der Waals surface area contributed by atoms with Gasteiger partial charge in [0.05, 0.1) is 11.5 Å². The zero-order valence-corrected chi connectivity index (χ0v) is 11.5. The fourth-order valence-electron chi connectivity index (χ4n) is 2.89. The Morgan fingerprint density at radius 3 is 2.71 bits per heavy atom. The summed E-state index contributed by atoms with van der Waals surface area (Å²) in [6.07, 6.45) is 4.75. The number of nitrogens with zero attached hydrogens (tertiary/aromatic N) is 1. The first-order chi connectivity index (χ1) is 8.07. The second-order valence-electron chi connectivity index (χ2n) is 5.56. The van der Waals surface area contributed by atoms with E-state index in [1.807, 2.05) is 0 Å². The molecule has 2 aliphatic heterocycles. The molecule has 0 amide bonds. The molecule has 0 aliphatic carbocycles. The predicted molar refractivity (Wildman–Crippen MR) is 69.9 cm³/mol. The van der Waals surface area contributed by atoms with Gasteiger partial charge in [0.1, 0.15) is 0 Å². The van der Waals surface area contributed by atoms with Crippen LogP contribution in [0.1, 0.15) is 25.7 Å². The fourth-order valence-corrected chi connectivity index (χ4v) is 4.75. The summed E-state index contributed by atoms with van der Waals surface area (Å²) < 4.78 is 22.6. The minimum atomic E-state index is -2.71. The molecule has 2 fully saturated rings. The van der Waals surface area contributed by atoms with E-state index in [0.717, 1.165) is 19.5 Å². The van der Waals surface area contributed by atoms with Gasteiger partial charge in [0.15, 0.2) is 9.84 Å².